The molecule has 0 saturated carbocycles. The molecule has 1 aromatic carbocycles. The van der Waals surface area contributed by atoms with Gasteiger partial charge in [-0.1, -0.05) is 6.92 Å². The smallest absolute Gasteiger partial charge is 0.231 e. The van der Waals surface area contributed by atoms with Crippen LogP contribution >= 0.6 is 11.8 Å². The molecule has 3 nitrogen and oxygen atoms in total. The van der Waals surface area contributed by atoms with Gasteiger partial charge in [-0.3, -0.25) is 4.79 Å². The summed E-state index contributed by atoms with van der Waals surface area (Å²) < 4.78 is 0. The summed E-state index contributed by atoms with van der Waals surface area (Å²) in [7, 11) is 0. The lowest BCUT2D eigenvalue weighted by atomic mass is 10.1. The summed E-state index contributed by atoms with van der Waals surface area (Å²) in [5.41, 5.74) is 8.54. The van der Waals surface area contributed by atoms with Crippen molar-refractivity contribution in [2.24, 2.45) is 0 Å². The summed E-state index contributed by atoms with van der Waals surface area (Å²) in [6.45, 7) is 2.93. The van der Waals surface area contributed by atoms with Gasteiger partial charge in [-0.15, -0.1) is 0 Å². The molecule has 1 amide bonds. The minimum atomic E-state index is 0.192. The number of carbonyl (C=O) groups is 1. The van der Waals surface area contributed by atoms with E-state index in [1.165, 1.54) is 0 Å². The van der Waals surface area contributed by atoms with Crippen LogP contribution in [0.2, 0.25) is 0 Å². The van der Waals surface area contributed by atoms with Crippen molar-refractivity contribution in [1.82, 2.24) is 0 Å². The third kappa shape index (κ3) is 2.16. The van der Waals surface area contributed by atoms with Crippen molar-refractivity contribution in [2.45, 2.75) is 13.3 Å². The van der Waals surface area contributed by atoms with E-state index in [9.17, 15) is 4.79 Å². The Morgan fingerprint density at radius 1 is 1.50 bits per heavy atom. The number of benzene rings is 1. The number of fused-ring (bicyclic) bond motifs is 1. The van der Waals surface area contributed by atoms with Crippen molar-refractivity contribution in [3.05, 3.63) is 23.8 Å². The predicted octanol–water partition coefficient (Wildman–Crippen LogP) is 1.91. The zero-order valence-corrected chi connectivity index (χ0v) is 10.2. The molecular weight excluding hydrogens is 220 g/mol. The van der Waals surface area contributed by atoms with Crippen LogP contribution in [0.1, 0.15) is 12.5 Å². The number of nitrogen functional groups attached to an aromatic ring is 1. The van der Waals surface area contributed by atoms with Crippen LogP contribution < -0.4 is 10.6 Å². The van der Waals surface area contributed by atoms with Crippen LogP contribution in [0.4, 0.5) is 11.4 Å². The molecule has 2 rings (SSSR count). The fraction of sp³-hybridized carbons (Fsp3) is 0.417. The van der Waals surface area contributed by atoms with Crippen molar-refractivity contribution in [1.29, 1.82) is 0 Å². The molecule has 0 unspecified atom stereocenters. The Labute approximate surface area is 100.0 Å². The molecule has 16 heavy (non-hydrogen) atoms. The Bertz CT molecular complexity index is 406. The molecule has 0 radical (unpaired) electrons. The molecule has 0 spiro atoms. The highest BCUT2D eigenvalue weighted by Gasteiger charge is 2.26. The Kier molecular flexibility index (Phi) is 3.39. The second-order valence-electron chi connectivity index (χ2n) is 3.81. The number of thioether (sulfide) groups is 1. The molecule has 2 N–H and O–H groups in total. The average Bonchev–Trinajstić information content (AvgIpc) is 2.55. The molecule has 0 bridgehead atoms. The van der Waals surface area contributed by atoms with Gasteiger partial charge < -0.3 is 10.6 Å². The highest BCUT2D eigenvalue weighted by Crippen LogP contribution is 2.30. The number of hydrogen-bond acceptors (Lipinski definition) is 3. The summed E-state index contributed by atoms with van der Waals surface area (Å²) in [6.07, 6.45) is 0.497. The summed E-state index contributed by atoms with van der Waals surface area (Å²) in [5.74, 6) is 2.28. The average molecular weight is 236 g/mol. The van der Waals surface area contributed by atoms with E-state index in [0.29, 0.717) is 6.42 Å². The van der Waals surface area contributed by atoms with E-state index in [1.807, 2.05) is 34.9 Å². The fourth-order valence-electron chi connectivity index (χ4n) is 1.95. The van der Waals surface area contributed by atoms with Gasteiger partial charge in [0.25, 0.3) is 0 Å². The van der Waals surface area contributed by atoms with E-state index in [-0.39, 0.29) is 5.91 Å². The Morgan fingerprint density at radius 2 is 2.31 bits per heavy atom. The topological polar surface area (TPSA) is 46.3 Å². The SMILES string of the molecule is CCSCCN1C(=O)Cc2cc(N)ccc21. The summed E-state index contributed by atoms with van der Waals surface area (Å²) in [6, 6.07) is 5.71. The zero-order valence-electron chi connectivity index (χ0n) is 9.40. The van der Waals surface area contributed by atoms with Gasteiger partial charge in [0.2, 0.25) is 5.91 Å². The lowest BCUT2D eigenvalue weighted by molar-refractivity contribution is -0.117. The Balaban J connectivity index is 2.13. The number of nitrogens with zero attached hydrogens (tertiary/aromatic N) is 1. The largest absolute Gasteiger partial charge is 0.399 e. The second-order valence-corrected chi connectivity index (χ2v) is 5.20. The van der Waals surface area contributed by atoms with Crippen LogP contribution in [0.3, 0.4) is 0 Å². The van der Waals surface area contributed by atoms with Crippen LogP contribution in [-0.2, 0) is 11.2 Å². The number of anilines is 2. The minimum Gasteiger partial charge on any atom is -0.399 e. The first-order chi connectivity index (χ1) is 7.72. The van der Waals surface area contributed by atoms with Crippen LogP contribution in [0.25, 0.3) is 0 Å². The molecule has 0 atom stereocenters. The van der Waals surface area contributed by atoms with E-state index in [0.717, 1.165) is 35.0 Å². The summed E-state index contributed by atoms with van der Waals surface area (Å²) in [5, 5.41) is 0. The van der Waals surface area contributed by atoms with Gasteiger partial charge in [-0.25, -0.2) is 0 Å². The molecule has 0 saturated heterocycles. The summed E-state index contributed by atoms with van der Waals surface area (Å²) in [4.78, 5) is 13.7. The van der Waals surface area contributed by atoms with Gasteiger partial charge in [-0.2, -0.15) is 11.8 Å². The van der Waals surface area contributed by atoms with E-state index in [4.69, 9.17) is 5.73 Å². The molecule has 1 aliphatic heterocycles. The fourth-order valence-corrected chi connectivity index (χ4v) is 2.55. The van der Waals surface area contributed by atoms with Gasteiger partial charge in [0.15, 0.2) is 0 Å². The molecule has 1 aromatic rings. The maximum absolute atomic E-state index is 11.8. The Morgan fingerprint density at radius 3 is 3.06 bits per heavy atom. The van der Waals surface area contributed by atoms with Gasteiger partial charge in [-0.05, 0) is 29.5 Å². The highest BCUT2D eigenvalue weighted by atomic mass is 32.2. The van der Waals surface area contributed by atoms with Crippen LogP contribution in [-0.4, -0.2) is 24.0 Å². The summed E-state index contributed by atoms with van der Waals surface area (Å²) >= 11 is 1.86. The number of rotatable bonds is 4. The quantitative estimate of drug-likeness (QED) is 0.641. The maximum atomic E-state index is 11.8. The van der Waals surface area contributed by atoms with Gasteiger partial charge in [0.1, 0.15) is 0 Å². The molecule has 0 aliphatic carbocycles. The molecule has 4 heteroatoms. The lowest BCUT2D eigenvalue weighted by Gasteiger charge is -2.16. The second kappa shape index (κ2) is 4.78. The molecule has 0 aromatic heterocycles. The first-order valence-electron chi connectivity index (χ1n) is 5.49. The zero-order chi connectivity index (χ0) is 11.5. The number of nitrogens with two attached hydrogens (primary N) is 1. The van der Waals surface area contributed by atoms with Gasteiger partial charge in [0, 0.05) is 23.7 Å². The third-order valence-electron chi connectivity index (χ3n) is 2.70. The molecule has 86 valence electrons. The van der Waals surface area contributed by atoms with Crippen molar-refractivity contribution in [3.63, 3.8) is 0 Å². The number of hydrogen-bond donors (Lipinski definition) is 1. The number of carbonyl (C=O) groups excluding carboxylic acids is 1. The number of amides is 1. The maximum Gasteiger partial charge on any atom is 0.231 e. The van der Waals surface area contributed by atoms with E-state index >= 15 is 0 Å². The normalized spacial score (nSPS) is 14.3. The highest BCUT2D eigenvalue weighted by molar-refractivity contribution is 7.99. The molecule has 0 fully saturated rings. The third-order valence-corrected chi connectivity index (χ3v) is 3.58. The van der Waals surface area contributed by atoms with Crippen molar-refractivity contribution in [3.8, 4) is 0 Å². The molecule has 1 heterocycles. The first-order valence-corrected chi connectivity index (χ1v) is 6.64. The van der Waals surface area contributed by atoms with Crippen molar-refractivity contribution < 1.29 is 4.79 Å². The van der Waals surface area contributed by atoms with Crippen molar-refractivity contribution in [2.75, 3.05) is 28.7 Å². The van der Waals surface area contributed by atoms with E-state index in [1.54, 1.807) is 0 Å². The van der Waals surface area contributed by atoms with Gasteiger partial charge in [0.05, 0.1) is 6.42 Å². The minimum absolute atomic E-state index is 0.192. The van der Waals surface area contributed by atoms with Crippen LogP contribution in [0.15, 0.2) is 18.2 Å². The van der Waals surface area contributed by atoms with Crippen LogP contribution in [0, 0.1) is 0 Å². The molecule has 1 aliphatic rings. The lowest BCUT2D eigenvalue weighted by Crippen LogP contribution is -2.29. The van der Waals surface area contributed by atoms with E-state index < -0.39 is 0 Å². The van der Waals surface area contributed by atoms with Crippen molar-refractivity contribution >= 4 is 29.0 Å². The van der Waals surface area contributed by atoms with Crippen LogP contribution in [0.5, 0.6) is 0 Å². The van der Waals surface area contributed by atoms with E-state index in [2.05, 4.69) is 6.92 Å². The predicted molar refractivity (Wildman–Crippen MR) is 69.9 cm³/mol. The van der Waals surface area contributed by atoms with Gasteiger partial charge >= 0.3 is 0 Å². The Hall–Kier alpha value is -1.16. The molecular formula is C12H16N2OS. The monoisotopic (exact) mass is 236 g/mol. The first kappa shape index (κ1) is 11.3. The standard InChI is InChI=1S/C12H16N2OS/c1-2-16-6-5-14-11-4-3-10(13)7-9(11)8-12(14)15/h3-4,7H,2,5-6,8,13H2,1H3.